The van der Waals surface area contributed by atoms with E-state index in [2.05, 4.69) is 15.2 Å². The van der Waals surface area contributed by atoms with Crippen molar-refractivity contribution in [1.29, 1.82) is 0 Å². The van der Waals surface area contributed by atoms with Crippen LogP contribution < -0.4 is 0 Å². The molecule has 0 atom stereocenters. The molecule has 0 saturated heterocycles. The van der Waals surface area contributed by atoms with Gasteiger partial charge in [0.2, 0.25) is 5.82 Å². The third-order valence-corrected chi connectivity index (χ3v) is 3.16. The van der Waals surface area contributed by atoms with E-state index < -0.39 is 6.67 Å². The van der Waals surface area contributed by atoms with Crippen molar-refractivity contribution in [3.05, 3.63) is 18.1 Å². The molecule has 0 aromatic carbocycles. The minimum Gasteiger partial charge on any atom is -0.275 e. The normalized spacial score (nSPS) is 15.2. The van der Waals surface area contributed by atoms with E-state index in [1.54, 1.807) is 9.36 Å². The Morgan fingerprint density at radius 2 is 2.22 bits per heavy atom. The predicted octanol–water partition coefficient (Wildman–Crippen LogP) is 1.60. The number of alkyl halides is 1. The van der Waals surface area contributed by atoms with Crippen LogP contribution in [0.15, 0.2) is 12.3 Å². The lowest BCUT2D eigenvalue weighted by Crippen LogP contribution is -2.07. The summed E-state index contributed by atoms with van der Waals surface area (Å²) in [5.74, 6) is 2.19. The maximum absolute atomic E-state index is 12.5. The van der Waals surface area contributed by atoms with Gasteiger partial charge < -0.3 is 0 Å². The van der Waals surface area contributed by atoms with Crippen LogP contribution in [0.4, 0.5) is 4.39 Å². The zero-order valence-corrected chi connectivity index (χ0v) is 10.4. The van der Waals surface area contributed by atoms with Gasteiger partial charge >= 0.3 is 0 Å². The molecule has 2 aromatic heterocycles. The summed E-state index contributed by atoms with van der Waals surface area (Å²) in [4.78, 5) is 4.50. The highest BCUT2D eigenvalue weighted by molar-refractivity contribution is 5.47. The van der Waals surface area contributed by atoms with Gasteiger partial charge in [-0.2, -0.15) is 5.10 Å². The van der Waals surface area contributed by atoms with Crippen molar-refractivity contribution in [2.75, 3.05) is 6.67 Å². The molecule has 1 aliphatic rings. The summed E-state index contributed by atoms with van der Waals surface area (Å²) in [6.45, 7) is -0.134. The summed E-state index contributed by atoms with van der Waals surface area (Å²) in [5.41, 5.74) is 0.743. The van der Waals surface area contributed by atoms with Crippen molar-refractivity contribution in [2.24, 2.45) is 13.0 Å². The van der Waals surface area contributed by atoms with Gasteiger partial charge in [-0.3, -0.25) is 4.68 Å². The van der Waals surface area contributed by atoms with Crippen LogP contribution in [0.5, 0.6) is 0 Å². The van der Waals surface area contributed by atoms with E-state index in [-0.39, 0.29) is 6.54 Å². The fraction of sp³-hybridized carbons (Fsp3) is 0.583. The molecule has 0 unspecified atom stereocenters. The first-order valence-corrected chi connectivity index (χ1v) is 6.26. The Labute approximate surface area is 105 Å². The van der Waals surface area contributed by atoms with E-state index in [4.69, 9.17) is 0 Å². The van der Waals surface area contributed by atoms with E-state index in [0.29, 0.717) is 11.7 Å². The molecule has 0 radical (unpaired) electrons. The van der Waals surface area contributed by atoms with Crippen molar-refractivity contribution >= 4 is 0 Å². The molecule has 0 aliphatic heterocycles. The van der Waals surface area contributed by atoms with Crippen LogP contribution in [-0.4, -0.2) is 31.2 Å². The fourth-order valence-corrected chi connectivity index (χ4v) is 2.01. The van der Waals surface area contributed by atoms with Crippen molar-refractivity contribution < 1.29 is 4.39 Å². The Morgan fingerprint density at radius 3 is 2.83 bits per heavy atom. The second-order valence-corrected chi connectivity index (χ2v) is 4.79. The molecule has 96 valence electrons. The quantitative estimate of drug-likeness (QED) is 0.808. The van der Waals surface area contributed by atoms with E-state index in [1.165, 1.54) is 12.8 Å². The van der Waals surface area contributed by atoms with Crippen LogP contribution in [0, 0.1) is 5.92 Å². The summed E-state index contributed by atoms with van der Waals surface area (Å²) in [7, 11) is 1.85. The maximum Gasteiger partial charge on any atom is 0.201 e. The molecular formula is C12H16FN5. The highest BCUT2D eigenvalue weighted by Crippen LogP contribution is 2.32. The van der Waals surface area contributed by atoms with Gasteiger partial charge in [0, 0.05) is 19.7 Å². The van der Waals surface area contributed by atoms with Crippen LogP contribution >= 0.6 is 0 Å². The Hall–Kier alpha value is -1.72. The van der Waals surface area contributed by atoms with Crippen LogP contribution in [0.25, 0.3) is 11.5 Å². The summed E-state index contributed by atoms with van der Waals surface area (Å²) < 4.78 is 15.9. The van der Waals surface area contributed by atoms with Gasteiger partial charge in [-0.15, -0.1) is 5.10 Å². The van der Waals surface area contributed by atoms with Crippen molar-refractivity contribution in [1.82, 2.24) is 24.5 Å². The lowest BCUT2D eigenvalue weighted by atomic mass is 10.3. The minimum absolute atomic E-state index is 0.280. The first-order valence-electron chi connectivity index (χ1n) is 6.26. The third kappa shape index (κ3) is 2.27. The molecular weight excluding hydrogens is 233 g/mol. The molecule has 0 N–H and O–H groups in total. The zero-order chi connectivity index (χ0) is 12.5. The summed E-state index contributed by atoms with van der Waals surface area (Å²) in [5, 5.41) is 8.63. The molecule has 1 aliphatic carbocycles. The fourth-order valence-electron chi connectivity index (χ4n) is 2.01. The zero-order valence-electron chi connectivity index (χ0n) is 10.4. The molecule has 2 aromatic rings. The number of aryl methyl sites for hydroxylation is 2. The smallest absolute Gasteiger partial charge is 0.201 e. The first kappa shape index (κ1) is 11.4. The number of rotatable bonds is 5. The average molecular weight is 249 g/mol. The van der Waals surface area contributed by atoms with Crippen molar-refractivity contribution in [3.8, 4) is 11.5 Å². The Kier molecular flexibility index (Phi) is 2.85. The molecule has 1 fully saturated rings. The van der Waals surface area contributed by atoms with Gasteiger partial charge in [-0.05, 0) is 24.8 Å². The number of nitrogens with zero attached hydrogens (tertiary/aromatic N) is 5. The van der Waals surface area contributed by atoms with E-state index in [1.807, 2.05) is 19.3 Å². The molecule has 1 saturated carbocycles. The molecule has 3 rings (SSSR count). The van der Waals surface area contributed by atoms with Gasteiger partial charge in [-0.25, -0.2) is 14.1 Å². The van der Waals surface area contributed by atoms with Gasteiger partial charge in [-0.1, -0.05) is 0 Å². The van der Waals surface area contributed by atoms with Gasteiger partial charge in [0.25, 0.3) is 0 Å². The molecule has 0 bridgehead atoms. The molecule has 5 nitrogen and oxygen atoms in total. The Morgan fingerprint density at radius 1 is 1.39 bits per heavy atom. The minimum atomic E-state index is -0.414. The van der Waals surface area contributed by atoms with E-state index in [9.17, 15) is 4.39 Å². The van der Waals surface area contributed by atoms with Crippen molar-refractivity contribution in [2.45, 2.75) is 25.8 Å². The van der Waals surface area contributed by atoms with Crippen LogP contribution in [0.2, 0.25) is 0 Å². The lowest BCUT2D eigenvalue weighted by Gasteiger charge is -2.00. The summed E-state index contributed by atoms with van der Waals surface area (Å²) in [6.07, 6.45) is 5.26. The standard InChI is InChI=1S/C12H16FN5/c1-17-6-4-10(15-17)12-14-11(8-9-2-3-9)18(16-12)7-5-13/h4,6,9H,2-3,5,7-8H2,1H3. The molecule has 6 heteroatoms. The molecule has 0 spiro atoms. The number of hydrogen-bond acceptors (Lipinski definition) is 3. The summed E-state index contributed by atoms with van der Waals surface area (Å²) >= 11 is 0. The molecule has 0 amide bonds. The highest BCUT2D eigenvalue weighted by Gasteiger charge is 2.25. The van der Waals surface area contributed by atoms with Crippen LogP contribution in [0.3, 0.4) is 0 Å². The second-order valence-electron chi connectivity index (χ2n) is 4.79. The maximum atomic E-state index is 12.5. The topological polar surface area (TPSA) is 48.5 Å². The predicted molar refractivity (Wildman–Crippen MR) is 64.6 cm³/mol. The number of aromatic nitrogens is 5. The molecule has 18 heavy (non-hydrogen) atoms. The van der Waals surface area contributed by atoms with E-state index >= 15 is 0 Å². The Bertz CT molecular complexity index is 540. The van der Waals surface area contributed by atoms with Crippen LogP contribution in [-0.2, 0) is 20.0 Å². The van der Waals surface area contributed by atoms with Gasteiger partial charge in [0.1, 0.15) is 18.2 Å². The highest BCUT2D eigenvalue weighted by atomic mass is 19.1. The number of hydrogen-bond donors (Lipinski definition) is 0. The SMILES string of the molecule is Cn1ccc(-c2nc(CC3CC3)n(CCF)n2)n1. The van der Waals surface area contributed by atoms with Gasteiger partial charge in [0.05, 0.1) is 6.54 Å². The monoisotopic (exact) mass is 249 g/mol. The Balaban J connectivity index is 1.89. The first-order chi connectivity index (χ1) is 8.76. The number of halogens is 1. The summed E-state index contributed by atoms with van der Waals surface area (Å²) in [6, 6.07) is 1.87. The third-order valence-electron chi connectivity index (χ3n) is 3.16. The largest absolute Gasteiger partial charge is 0.275 e. The molecule has 2 heterocycles. The van der Waals surface area contributed by atoms with Crippen LogP contribution in [0.1, 0.15) is 18.7 Å². The van der Waals surface area contributed by atoms with Crippen molar-refractivity contribution in [3.63, 3.8) is 0 Å². The lowest BCUT2D eigenvalue weighted by molar-refractivity contribution is 0.417. The van der Waals surface area contributed by atoms with E-state index in [0.717, 1.165) is 17.9 Å². The average Bonchev–Trinajstić information content (AvgIpc) is 2.91. The second kappa shape index (κ2) is 4.51. The van der Waals surface area contributed by atoms with Gasteiger partial charge in [0.15, 0.2) is 0 Å².